The molecule has 1 aromatic heterocycles. The highest BCUT2D eigenvalue weighted by molar-refractivity contribution is 5.71. The second-order valence-electron chi connectivity index (χ2n) is 5.54. The number of ether oxygens (including phenoxy) is 1. The van der Waals surface area contributed by atoms with E-state index in [0.717, 1.165) is 22.4 Å². The molecule has 23 heavy (non-hydrogen) atoms. The van der Waals surface area contributed by atoms with Gasteiger partial charge in [-0.25, -0.2) is 0 Å². The van der Waals surface area contributed by atoms with Gasteiger partial charge in [-0.3, -0.25) is 0 Å². The summed E-state index contributed by atoms with van der Waals surface area (Å²) in [6, 6.07) is 17.9. The van der Waals surface area contributed by atoms with Gasteiger partial charge in [-0.05, 0) is 31.0 Å². The van der Waals surface area contributed by atoms with Gasteiger partial charge in [-0.1, -0.05) is 48.0 Å². The predicted molar refractivity (Wildman–Crippen MR) is 94.5 cm³/mol. The van der Waals surface area contributed by atoms with Gasteiger partial charge in [0.05, 0.1) is 5.69 Å². The molecule has 4 N–H and O–H groups in total. The van der Waals surface area contributed by atoms with Crippen LogP contribution < -0.4 is 16.2 Å². The molecule has 0 aliphatic carbocycles. The first-order valence-corrected chi connectivity index (χ1v) is 7.41. The summed E-state index contributed by atoms with van der Waals surface area (Å²) in [6.45, 7) is 3.95. The number of para-hydroxylation sites is 1. The van der Waals surface area contributed by atoms with Crippen molar-refractivity contribution in [2.24, 2.45) is 0 Å². The smallest absolute Gasteiger partial charge is 0.221 e. The van der Waals surface area contributed by atoms with Crippen LogP contribution in [0, 0.1) is 13.8 Å². The molecule has 0 bridgehead atoms. The molecule has 0 saturated carbocycles. The Bertz CT molecular complexity index is 836. The maximum absolute atomic E-state index is 5.97. The van der Waals surface area contributed by atoms with Crippen molar-refractivity contribution in [1.82, 2.24) is 4.98 Å². The first-order chi connectivity index (χ1) is 11.0. The third-order valence-electron chi connectivity index (χ3n) is 3.70. The number of nitrogens with zero attached hydrogens (tertiary/aromatic N) is 1. The average Bonchev–Trinajstić information content (AvgIpc) is 2.53. The van der Waals surface area contributed by atoms with Gasteiger partial charge in [-0.2, -0.15) is 4.98 Å². The SMILES string of the molecule is Cc1cccc(-c2ccccc2Oc2cc(C)c(N)c(N)n2)c1. The highest BCUT2D eigenvalue weighted by Gasteiger charge is 2.10. The van der Waals surface area contributed by atoms with Crippen molar-refractivity contribution in [3.63, 3.8) is 0 Å². The number of aromatic nitrogens is 1. The molecule has 0 amide bonds. The number of nitrogens with two attached hydrogens (primary N) is 2. The molecule has 0 aliphatic heterocycles. The summed E-state index contributed by atoms with van der Waals surface area (Å²) in [6.07, 6.45) is 0. The van der Waals surface area contributed by atoms with Gasteiger partial charge >= 0.3 is 0 Å². The predicted octanol–water partition coefficient (Wildman–Crippen LogP) is 4.32. The van der Waals surface area contributed by atoms with Crippen LogP contribution in [0.5, 0.6) is 11.6 Å². The van der Waals surface area contributed by atoms with E-state index in [1.807, 2.05) is 37.3 Å². The lowest BCUT2D eigenvalue weighted by Gasteiger charge is -2.13. The lowest BCUT2D eigenvalue weighted by molar-refractivity contribution is 0.465. The van der Waals surface area contributed by atoms with Crippen molar-refractivity contribution < 1.29 is 4.74 Å². The zero-order valence-electron chi connectivity index (χ0n) is 13.2. The van der Waals surface area contributed by atoms with Gasteiger partial charge in [0, 0.05) is 11.6 Å². The fourth-order valence-corrected chi connectivity index (χ4v) is 2.45. The lowest BCUT2D eigenvalue weighted by Crippen LogP contribution is -2.02. The van der Waals surface area contributed by atoms with E-state index in [4.69, 9.17) is 16.2 Å². The molecule has 2 aromatic carbocycles. The fraction of sp³-hybridized carbons (Fsp3) is 0.105. The Labute approximate surface area is 135 Å². The highest BCUT2D eigenvalue weighted by atomic mass is 16.5. The maximum atomic E-state index is 5.97. The van der Waals surface area contributed by atoms with Crippen LogP contribution in [0.2, 0.25) is 0 Å². The van der Waals surface area contributed by atoms with Crippen LogP contribution in [-0.4, -0.2) is 4.98 Å². The van der Waals surface area contributed by atoms with Crippen molar-refractivity contribution >= 4 is 11.5 Å². The molecule has 0 unspecified atom stereocenters. The minimum atomic E-state index is 0.285. The molecule has 4 heteroatoms. The molecule has 116 valence electrons. The molecule has 0 atom stereocenters. The molecule has 0 saturated heterocycles. The molecule has 0 radical (unpaired) electrons. The maximum Gasteiger partial charge on any atom is 0.221 e. The quantitative estimate of drug-likeness (QED) is 0.755. The Morgan fingerprint density at radius 1 is 0.913 bits per heavy atom. The van der Waals surface area contributed by atoms with Gasteiger partial charge < -0.3 is 16.2 Å². The first-order valence-electron chi connectivity index (χ1n) is 7.41. The minimum absolute atomic E-state index is 0.285. The molecular formula is C19H19N3O. The molecule has 0 fully saturated rings. The molecule has 0 aliphatic rings. The molecule has 1 heterocycles. The largest absolute Gasteiger partial charge is 0.438 e. The monoisotopic (exact) mass is 305 g/mol. The Kier molecular flexibility index (Phi) is 3.89. The van der Waals surface area contributed by atoms with E-state index in [9.17, 15) is 0 Å². The summed E-state index contributed by atoms with van der Waals surface area (Å²) in [5, 5.41) is 0. The zero-order valence-corrected chi connectivity index (χ0v) is 13.2. The third-order valence-corrected chi connectivity index (χ3v) is 3.70. The van der Waals surface area contributed by atoms with Crippen LogP contribution in [0.4, 0.5) is 11.5 Å². The summed E-state index contributed by atoms with van der Waals surface area (Å²) in [7, 11) is 0. The van der Waals surface area contributed by atoms with Crippen LogP contribution >= 0.6 is 0 Å². The van der Waals surface area contributed by atoms with E-state index in [1.165, 1.54) is 5.56 Å². The second-order valence-corrected chi connectivity index (χ2v) is 5.54. The highest BCUT2D eigenvalue weighted by Crippen LogP contribution is 2.34. The average molecular weight is 305 g/mol. The number of anilines is 2. The number of benzene rings is 2. The van der Waals surface area contributed by atoms with Crippen molar-refractivity contribution in [2.45, 2.75) is 13.8 Å². The second kappa shape index (κ2) is 6.01. The molecular weight excluding hydrogens is 286 g/mol. The van der Waals surface area contributed by atoms with Crippen molar-refractivity contribution in [3.05, 3.63) is 65.7 Å². The van der Waals surface area contributed by atoms with E-state index in [0.29, 0.717) is 11.6 Å². The number of aryl methyl sites for hydroxylation is 2. The van der Waals surface area contributed by atoms with Crippen LogP contribution in [0.25, 0.3) is 11.1 Å². The van der Waals surface area contributed by atoms with Gasteiger partial charge in [0.2, 0.25) is 5.88 Å². The Morgan fingerprint density at radius 2 is 1.70 bits per heavy atom. The van der Waals surface area contributed by atoms with Gasteiger partial charge in [0.1, 0.15) is 5.75 Å². The standard InChI is InChI=1S/C19H19N3O/c1-12-6-5-7-14(10-12)15-8-3-4-9-16(15)23-17-11-13(2)18(20)19(21)22-17/h3-11H,20H2,1-2H3,(H2,21,22). The van der Waals surface area contributed by atoms with Gasteiger partial charge in [0.25, 0.3) is 0 Å². The summed E-state index contributed by atoms with van der Waals surface area (Å²) >= 11 is 0. The van der Waals surface area contributed by atoms with Crippen LogP contribution in [0.3, 0.4) is 0 Å². The van der Waals surface area contributed by atoms with Crippen LogP contribution in [-0.2, 0) is 0 Å². The van der Waals surface area contributed by atoms with E-state index < -0.39 is 0 Å². The van der Waals surface area contributed by atoms with E-state index in [2.05, 4.69) is 30.1 Å². The number of hydrogen-bond donors (Lipinski definition) is 2. The van der Waals surface area contributed by atoms with E-state index in [1.54, 1.807) is 6.07 Å². The van der Waals surface area contributed by atoms with E-state index in [-0.39, 0.29) is 5.82 Å². The van der Waals surface area contributed by atoms with Gasteiger partial charge in [-0.15, -0.1) is 0 Å². The zero-order chi connectivity index (χ0) is 16.4. The number of pyridine rings is 1. The summed E-state index contributed by atoms with van der Waals surface area (Å²) in [5.74, 6) is 1.46. The fourth-order valence-electron chi connectivity index (χ4n) is 2.45. The van der Waals surface area contributed by atoms with Crippen molar-refractivity contribution in [2.75, 3.05) is 11.5 Å². The summed E-state index contributed by atoms with van der Waals surface area (Å²) < 4.78 is 5.97. The topological polar surface area (TPSA) is 74.2 Å². The Balaban J connectivity index is 2.02. The summed E-state index contributed by atoms with van der Waals surface area (Å²) in [5.41, 5.74) is 16.3. The van der Waals surface area contributed by atoms with Crippen LogP contribution in [0.15, 0.2) is 54.6 Å². The van der Waals surface area contributed by atoms with Crippen molar-refractivity contribution in [3.8, 4) is 22.8 Å². The molecule has 4 nitrogen and oxygen atoms in total. The molecule has 3 aromatic rings. The van der Waals surface area contributed by atoms with Crippen LogP contribution in [0.1, 0.15) is 11.1 Å². The molecule has 3 rings (SSSR count). The van der Waals surface area contributed by atoms with Crippen molar-refractivity contribution in [1.29, 1.82) is 0 Å². The summed E-state index contributed by atoms with van der Waals surface area (Å²) in [4.78, 5) is 4.21. The number of hydrogen-bond acceptors (Lipinski definition) is 4. The number of rotatable bonds is 3. The van der Waals surface area contributed by atoms with Gasteiger partial charge in [0.15, 0.2) is 5.82 Å². The lowest BCUT2D eigenvalue weighted by atomic mass is 10.0. The Morgan fingerprint density at radius 3 is 2.43 bits per heavy atom. The minimum Gasteiger partial charge on any atom is -0.438 e. The Hall–Kier alpha value is -3.01. The van der Waals surface area contributed by atoms with E-state index >= 15 is 0 Å². The third kappa shape index (κ3) is 3.11. The first kappa shape index (κ1) is 14.9. The number of nitrogen functional groups attached to an aromatic ring is 2. The molecule has 0 spiro atoms. The normalized spacial score (nSPS) is 10.5.